The number of carbonyl (C=O) groups excluding carboxylic acids is 3. The van der Waals surface area contributed by atoms with Gasteiger partial charge in [-0.15, -0.1) is 0 Å². The fourth-order valence-corrected chi connectivity index (χ4v) is 2.93. The third kappa shape index (κ3) is 7.58. The Morgan fingerprint density at radius 1 is 1.07 bits per heavy atom. The van der Waals surface area contributed by atoms with Gasteiger partial charge in [-0.1, -0.05) is 57.0 Å². The van der Waals surface area contributed by atoms with Gasteiger partial charge >= 0.3 is 12.1 Å². The van der Waals surface area contributed by atoms with Crippen LogP contribution in [0.5, 0.6) is 0 Å². The molecule has 0 heterocycles. The van der Waals surface area contributed by atoms with Crippen LogP contribution in [0.25, 0.3) is 0 Å². The van der Waals surface area contributed by atoms with Crippen LogP contribution in [0.2, 0.25) is 0 Å². The summed E-state index contributed by atoms with van der Waals surface area (Å²) in [6, 6.07) is 7.83. The summed E-state index contributed by atoms with van der Waals surface area (Å²) in [7, 11) is 1.30. The molecule has 0 aromatic heterocycles. The van der Waals surface area contributed by atoms with Crippen LogP contribution in [0.3, 0.4) is 0 Å². The Balaban J connectivity index is 1.93. The summed E-state index contributed by atoms with van der Waals surface area (Å²) < 4.78 is 10.0. The number of rotatable bonds is 10. The van der Waals surface area contributed by atoms with Crippen LogP contribution < -0.4 is 10.6 Å². The van der Waals surface area contributed by atoms with Crippen LogP contribution in [0.1, 0.15) is 45.1 Å². The van der Waals surface area contributed by atoms with Crippen molar-refractivity contribution < 1.29 is 23.9 Å². The molecule has 2 rings (SSSR count). The van der Waals surface area contributed by atoms with Crippen LogP contribution in [-0.4, -0.2) is 37.2 Å². The average Bonchev–Trinajstić information content (AvgIpc) is 3.49. The van der Waals surface area contributed by atoms with Crippen molar-refractivity contribution in [3.63, 3.8) is 0 Å². The molecule has 0 radical (unpaired) electrons. The summed E-state index contributed by atoms with van der Waals surface area (Å²) in [6.07, 6.45) is 2.45. The smallest absolute Gasteiger partial charge is 0.408 e. The maximum absolute atomic E-state index is 12.7. The summed E-state index contributed by atoms with van der Waals surface area (Å²) >= 11 is 0. The maximum Gasteiger partial charge on any atom is 0.408 e. The van der Waals surface area contributed by atoms with Gasteiger partial charge in [0.15, 0.2) is 0 Å². The number of benzene rings is 1. The van der Waals surface area contributed by atoms with E-state index in [2.05, 4.69) is 10.6 Å². The first-order valence-electron chi connectivity index (χ1n) is 9.74. The van der Waals surface area contributed by atoms with Crippen molar-refractivity contribution in [2.75, 3.05) is 7.11 Å². The summed E-state index contributed by atoms with van der Waals surface area (Å²) in [6.45, 7) is 4.04. The Labute approximate surface area is 166 Å². The van der Waals surface area contributed by atoms with Crippen molar-refractivity contribution in [3.8, 4) is 0 Å². The molecule has 28 heavy (non-hydrogen) atoms. The Bertz CT molecular complexity index is 658. The van der Waals surface area contributed by atoms with E-state index < -0.39 is 30.1 Å². The molecule has 154 valence electrons. The quantitative estimate of drug-likeness (QED) is 0.599. The lowest BCUT2D eigenvalue weighted by atomic mass is 10.0. The number of methoxy groups -OCH3 is 1. The SMILES string of the molecule is COC(=O)[C@@H](CC1CC1)NC(=O)[C@H](CC(C)C)NC(=O)OCc1ccccc1. The minimum absolute atomic E-state index is 0.120. The zero-order chi connectivity index (χ0) is 20.5. The summed E-state index contributed by atoms with van der Waals surface area (Å²) in [4.78, 5) is 36.9. The van der Waals surface area contributed by atoms with Crippen molar-refractivity contribution in [2.24, 2.45) is 11.8 Å². The molecular formula is C21H30N2O5. The second kappa shape index (κ2) is 10.7. The van der Waals surface area contributed by atoms with Gasteiger partial charge in [-0.3, -0.25) is 4.79 Å². The number of hydrogen-bond acceptors (Lipinski definition) is 5. The standard InChI is InChI=1S/C21H30N2O5/c1-14(2)11-17(23-21(26)28-13-16-7-5-4-6-8-16)19(24)22-18(20(25)27-3)12-15-9-10-15/h4-8,14-15,17-18H,9-13H2,1-3H3,(H,22,24)(H,23,26)/t17-,18+/m0/s1. The van der Waals surface area contributed by atoms with Gasteiger partial charge in [0.05, 0.1) is 7.11 Å². The molecule has 1 fully saturated rings. The molecule has 1 aromatic rings. The summed E-state index contributed by atoms with van der Waals surface area (Å²) in [5.74, 6) is -0.251. The van der Waals surface area contributed by atoms with Crippen LogP contribution >= 0.6 is 0 Å². The highest BCUT2D eigenvalue weighted by atomic mass is 16.5. The number of nitrogens with one attached hydrogen (secondary N) is 2. The first-order chi connectivity index (χ1) is 13.4. The van der Waals surface area contributed by atoms with E-state index in [1.54, 1.807) is 0 Å². The molecule has 2 amide bonds. The van der Waals surface area contributed by atoms with Crippen LogP contribution in [0, 0.1) is 11.8 Å². The highest BCUT2D eigenvalue weighted by molar-refractivity contribution is 5.89. The van der Waals surface area contributed by atoms with E-state index >= 15 is 0 Å². The average molecular weight is 390 g/mol. The second-order valence-corrected chi connectivity index (χ2v) is 7.65. The van der Waals surface area contributed by atoms with Gasteiger partial charge in [0.25, 0.3) is 0 Å². The Hall–Kier alpha value is -2.57. The molecule has 0 aliphatic heterocycles. The highest BCUT2D eigenvalue weighted by Gasteiger charge is 2.33. The Morgan fingerprint density at radius 2 is 1.75 bits per heavy atom. The van der Waals surface area contributed by atoms with Gasteiger partial charge < -0.3 is 20.1 Å². The van der Waals surface area contributed by atoms with Crippen LogP contribution in [0.15, 0.2) is 30.3 Å². The molecule has 0 spiro atoms. The number of hydrogen-bond donors (Lipinski definition) is 2. The van der Waals surface area contributed by atoms with E-state index in [0.29, 0.717) is 18.8 Å². The topological polar surface area (TPSA) is 93.7 Å². The second-order valence-electron chi connectivity index (χ2n) is 7.65. The van der Waals surface area contributed by atoms with E-state index in [9.17, 15) is 14.4 Å². The molecule has 0 bridgehead atoms. The van der Waals surface area contributed by atoms with E-state index in [1.165, 1.54) is 7.11 Å². The molecule has 0 unspecified atom stereocenters. The molecule has 0 saturated heterocycles. The van der Waals surface area contributed by atoms with E-state index in [-0.39, 0.29) is 12.5 Å². The fourth-order valence-electron chi connectivity index (χ4n) is 2.93. The minimum atomic E-state index is -0.783. The van der Waals surface area contributed by atoms with Gasteiger partial charge in [-0.25, -0.2) is 9.59 Å². The third-order valence-corrected chi connectivity index (χ3v) is 4.60. The lowest BCUT2D eigenvalue weighted by Crippen LogP contribution is -2.52. The molecule has 7 nitrogen and oxygen atoms in total. The van der Waals surface area contributed by atoms with Crippen molar-refractivity contribution >= 4 is 18.0 Å². The van der Waals surface area contributed by atoms with Crippen molar-refractivity contribution in [1.29, 1.82) is 0 Å². The molecule has 1 aliphatic carbocycles. The predicted octanol–water partition coefficient (Wildman–Crippen LogP) is 2.79. The molecule has 1 saturated carbocycles. The maximum atomic E-state index is 12.7. The van der Waals surface area contributed by atoms with E-state index in [0.717, 1.165) is 18.4 Å². The number of amides is 2. The molecule has 1 aromatic carbocycles. The number of esters is 1. The van der Waals surface area contributed by atoms with E-state index in [1.807, 2.05) is 44.2 Å². The largest absolute Gasteiger partial charge is 0.467 e. The number of carbonyl (C=O) groups is 3. The number of ether oxygens (including phenoxy) is 2. The van der Waals surface area contributed by atoms with Crippen molar-refractivity contribution in [3.05, 3.63) is 35.9 Å². The normalized spacial score (nSPS) is 15.4. The summed E-state index contributed by atoms with van der Waals surface area (Å²) in [5, 5.41) is 5.36. The molecular weight excluding hydrogens is 360 g/mol. The first-order valence-corrected chi connectivity index (χ1v) is 9.74. The van der Waals surface area contributed by atoms with Gasteiger partial charge in [-0.05, 0) is 30.2 Å². The molecule has 2 N–H and O–H groups in total. The monoisotopic (exact) mass is 390 g/mol. The Morgan fingerprint density at radius 3 is 2.32 bits per heavy atom. The van der Waals surface area contributed by atoms with Gasteiger partial charge in [0, 0.05) is 0 Å². The Kier molecular flexibility index (Phi) is 8.29. The fraction of sp³-hybridized carbons (Fsp3) is 0.571. The zero-order valence-corrected chi connectivity index (χ0v) is 16.8. The number of alkyl carbamates (subject to hydrolysis) is 1. The third-order valence-electron chi connectivity index (χ3n) is 4.60. The van der Waals surface area contributed by atoms with Crippen LogP contribution in [0.4, 0.5) is 4.79 Å². The molecule has 1 aliphatic rings. The molecule has 2 atom stereocenters. The van der Waals surface area contributed by atoms with E-state index in [4.69, 9.17) is 9.47 Å². The predicted molar refractivity (Wildman–Crippen MR) is 104 cm³/mol. The minimum Gasteiger partial charge on any atom is -0.467 e. The lowest BCUT2D eigenvalue weighted by Gasteiger charge is -2.23. The van der Waals surface area contributed by atoms with Gasteiger partial charge in [0.2, 0.25) is 5.91 Å². The van der Waals surface area contributed by atoms with Crippen molar-refractivity contribution in [1.82, 2.24) is 10.6 Å². The van der Waals surface area contributed by atoms with Crippen LogP contribution in [-0.2, 0) is 25.7 Å². The summed E-state index contributed by atoms with van der Waals surface area (Å²) in [5.41, 5.74) is 0.859. The lowest BCUT2D eigenvalue weighted by molar-refractivity contribution is -0.145. The van der Waals surface area contributed by atoms with Gasteiger partial charge in [0.1, 0.15) is 18.7 Å². The molecule has 7 heteroatoms. The zero-order valence-electron chi connectivity index (χ0n) is 16.8. The van der Waals surface area contributed by atoms with Crippen molar-refractivity contribution in [2.45, 2.75) is 58.2 Å². The first kappa shape index (κ1) is 21.7. The van der Waals surface area contributed by atoms with Gasteiger partial charge in [-0.2, -0.15) is 0 Å². The highest BCUT2D eigenvalue weighted by Crippen LogP contribution is 2.33.